The molecule has 0 fully saturated rings. The minimum atomic E-state index is -0.631. The lowest BCUT2D eigenvalue weighted by atomic mass is 10.2. The van der Waals surface area contributed by atoms with E-state index in [9.17, 15) is 9.59 Å². The standard InChI is InChI=1S/C14H13Cl2N3O3S/c1-3-9-13(23-19-18-9)14(21)22-6-10(20)17-12-8(15)5-4-7(2)11(12)16/h4-5H,3,6H2,1-2H3,(H,17,20). The highest BCUT2D eigenvalue weighted by Gasteiger charge is 2.18. The summed E-state index contributed by atoms with van der Waals surface area (Å²) in [6, 6.07) is 3.37. The van der Waals surface area contributed by atoms with Crippen molar-refractivity contribution in [1.82, 2.24) is 9.59 Å². The molecule has 0 unspecified atom stereocenters. The summed E-state index contributed by atoms with van der Waals surface area (Å²) < 4.78 is 8.66. The van der Waals surface area contributed by atoms with Crippen LogP contribution in [0.5, 0.6) is 0 Å². The average Bonchev–Trinajstić information content (AvgIpc) is 3.01. The van der Waals surface area contributed by atoms with Crippen molar-refractivity contribution in [3.8, 4) is 0 Å². The van der Waals surface area contributed by atoms with Crippen molar-refractivity contribution in [2.75, 3.05) is 11.9 Å². The van der Waals surface area contributed by atoms with Crippen LogP contribution >= 0.6 is 34.7 Å². The number of aryl methyl sites for hydroxylation is 2. The normalized spacial score (nSPS) is 10.4. The lowest BCUT2D eigenvalue weighted by Crippen LogP contribution is -2.21. The van der Waals surface area contributed by atoms with E-state index in [1.165, 1.54) is 0 Å². The van der Waals surface area contributed by atoms with Gasteiger partial charge in [-0.25, -0.2) is 4.79 Å². The van der Waals surface area contributed by atoms with Crippen molar-refractivity contribution >= 4 is 52.3 Å². The Labute approximate surface area is 146 Å². The molecule has 0 atom stereocenters. The Balaban J connectivity index is 1.99. The smallest absolute Gasteiger partial charge is 0.352 e. The molecule has 0 aliphatic rings. The van der Waals surface area contributed by atoms with Gasteiger partial charge in [0, 0.05) is 0 Å². The molecule has 1 heterocycles. The molecule has 0 spiro atoms. The summed E-state index contributed by atoms with van der Waals surface area (Å²) in [5.41, 5.74) is 1.61. The summed E-state index contributed by atoms with van der Waals surface area (Å²) in [6.07, 6.45) is 0.557. The molecule has 0 bridgehead atoms. The molecule has 1 amide bonds. The van der Waals surface area contributed by atoms with Crippen molar-refractivity contribution in [2.45, 2.75) is 20.3 Å². The first-order chi connectivity index (χ1) is 10.9. The molecule has 0 saturated carbocycles. The number of halogens is 2. The number of carbonyl (C=O) groups is 2. The number of anilines is 1. The van der Waals surface area contributed by atoms with Crippen LogP contribution in [-0.4, -0.2) is 28.1 Å². The van der Waals surface area contributed by atoms with Gasteiger partial charge in [-0.05, 0) is 36.5 Å². The fourth-order valence-corrected chi connectivity index (χ4v) is 2.85. The fourth-order valence-electron chi connectivity index (χ4n) is 1.74. The maximum absolute atomic E-state index is 11.9. The lowest BCUT2D eigenvalue weighted by molar-refractivity contribution is -0.119. The van der Waals surface area contributed by atoms with E-state index in [1.54, 1.807) is 19.1 Å². The third-order valence-corrected chi connectivity index (χ3v) is 4.51. The third kappa shape index (κ3) is 4.19. The maximum atomic E-state index is 11.9. The predicted octanol–water partition coefficient (Wildman–Crippen LogP) is 3.51. The van der Waals surface area contributed by atoms with E-state index >= 15 is 0 Å². The van der Waals surface area contributed by atoms with Crippen molar-refractivity contribution in [1.29, 1.82) is 0 Å². The first-order valence-electron chi connectivity index (χ1n) is 6.66. The van der Waals surface area contributed by atoms with Crippen LogP contribution < -0.4 is 5.32 Å². The minimum Gasteiger partial charge on any atom is -0.451 e. The van der Waals surface area contributed by atoms with Gasteiger partial charge in [-0.1, -0.05) is 40.7 Å². The average molecular weight is 374 g/mol. The highest BCUT2D eigenvalue weighted by atomic mass is 35.5. The number of hydrogen-bond acceptors (Lipinski definition) is 6. The maximum Gasteiger partial charge on any atom is 0.352 e. The second-order valence-corrected chi connectivity index (χ2v) is 6.12. The quantitative estimate of drug-likeness (QED) is 0.810. The van der Waals surface area contributed by atoms with Crippen LogP contribution in [-0.2, 0) is 16.0 Å². The van der Waals surface area contributed by atoms with Gasteiger partial charge in [0.1, 0.15) is 0 Å². The number of aromatic nitrogens is 2. The van der Waals surface area contributed by atoms with Crippen LogP contribution in [0, 0.1) is 6.92 Å². The zero-order chi connectivity index (χ0) is 17.0. The molecule has 0 saturated heterocycles. The molecule has 1 aromatic carbocycles. The summed E-state index contributed by atoms with van der Waals surface area (Å²) in [4.78, 5) is 24.1. The molecule has 6 nitrogen and oxygen atoms in total. The van der Waals surface area contributed by atoms with Crippen LogP contribution in [0.15, 0.2) is 12.1 Å². The first kappa shape index (κ1) is 17.7. The zero-order valence-corrected chi connectivity index (χ0v) is 14.7. The molecule has 0 aliphatic carbocycles. The molecule has 1 aromatic heterocycles. The van der Waals surface area contributed by atoms with Crippen LogP contribution in [0.3, 0.4) is 0 Å². The SMILES string of the molecule is CCc1nnsc1C(=O)OCC(=O)Nc1c(Cl)ccc(C)c1Cl. The fraction of sp³-hybridized carbons (Fsp3) is 0.286. The van der Waals surface area contributed by atoms with Crippen LogP contribution in [0.1, 0.15) is 27.9 Å². The molecular formula is C14H13Cl2N3O3S. The van der Waals surface area contributed by atoms with Crippen molar-refractivity contribution in [3.05, 3.63) is 38.3 Å². The minimum absolute atomic E-state index is 0.295. The van der Waals surface area contributed by atoms with Gasteiger partial charge in [-0.3, -0.25) is 4.79 Å². The molecule has 9 heteroatoms. The van der Waals surface area contributed by atoms with E-state index in [-0.39, 0.29) is 0 Å². The number of rotatable bonds is 5. The van der Waals surface area contributed by atoms with Gasteiger partial charge in [0.05, 0.1) is 21.4 Å². The Morgan fingerprint density at radius 2 is 2.09 bits per heavy atom. The first-order valence-corrected chi connectivity index (χ1v) is 8.19. The van der Waals surface area contributed by atoms with Crippen LogP contribution in [0.25, 0.3) is 0 Å². The van der Waals surface area contributed by atoms with E-state index in [2.05, 4.69) is 14.9 Å². The van der Waals surface area contributed by atoms with Crippen molar-refractivity contribution in [3.63, 3.8) is 0 Å². The number of esters is 1. The topological polar surface area (TPSA) is 81.2 Å². The van der Waals surface area contributed by atoms with Crippen molar-refractivity contribution in [2.24, 2.45) is 0 Å². The van der Waals surface area contributed by atoms with Gasteiger partial charge >= 0.3 is 5.97 Å². The highest BCUT2D eigenvalue weighted by molar-refractivity contribution is 7.07. The summed E-state index contributed by atoms with van der Waals surface area (Å²) in [7, 11) is 0. The van der Waals surface area contributed by atoms with E-state index in [0.29, 0.717) is 32.7 Å². The largest absolute Gasteiger partial charge is 0.451 e. The molecule has 0 radical (unpaired) electrons. The Kier molecular flexibility index (Phi) is 5.92. The van der Waals surface area contributed by atoms with Gasteiger partial charge in [-0.2, -0.15) is 0 Å². The van der Waals surface area contributed by atoms with Crippen molar-refractivity contribution < 1.29 is 14.3 Å². The molecular weight excluding hydrogens is 361 g/mol. The molecule has 1 N–H and O–H groups in total. The zero-order valence-electron chi connectivity index (χ0n) is 12.4. The van der Waals surface area contributed by atoms with E-state index in [1.807, 2.05) is 6.92 Å². The number of amides is 1. The Hall–Kier alpha value is -1.70. The number of hydrogen-bond donors (Lipinski definition) is 1. The summed E-state index contributed by atoms with van der Waals surface area (Å²) in [6.45, 7) is 3.18. The molecule has 122 valence electrons. The molecule has 0 aliphatic heterocycles. The van der Waals surface area contributed by atoms with Crippen LogP contribution in [0.2, 0.25) is 10.0 Å². The second kappa shape index (κ2) is 7.72. The monoisotopic (exact) mass is 373 g/mol. The van der Waals surface area contributed by atoms with Gasteiger partial charge < -0.3 is 10.1 Å². The van der Waals surface area contributed by atoms with Gasteiger partial charge in [-0.15, -0.1) is 5.10 Å². The van der Waals surface area contributed by atoms with Crippen LogP contribution in [0.4, 0.5) is 5.69 Å². The predicted molar refractivity (Wildman–Crippen MR) is 89.4 cm³/mol. The van der Waals surface area contributed by atoms with Gasteiger partial charge in [0.2, 0.25) is 0 Å². The number of ether oxygens (including phenoxy) is 1. The molecule has 2 rings (SSSR count). The number of nitrogens with one attached hydrogen (secondary N) is 1. The Morgan fingerprint density at radius 3 is 2.78 bits per heavy atom. The summed E-state index contributed by atoms with van der Waals surface area (Å²) in [5, 5.41) is 7.01. The van der Waals surface area contributed by atoms with Gasteiger partial charge in [0.15, 0.2) is 11.5 Å². The van der Waals surface area contributed by atoms with Gasteiger partial charge in [0.25, 0.3) is 5.91 Å². The summed E-state index contributed by atoms with van der Waals surface area (Å²) in [5.74, 6) is -1.17. The Bertz CT molecular complexity index is 749. The Morgan fingerprint density at radius 1 is 1.35 bits per heavy atom. The number of carbonyl (C=O) groups excluding carboxylic acids is 2. The third-order valence-electron chi connectivity index (χ3n) is 2.96. The van der Waals surface area contributed by atoms with E-state index in [4.69, 9.17) is 27.9 Å². The molecule has 2 aromatic rings. The number of nitrogens with zero attached hydrogens (tertiary/aromatic N) is 2. The second-order valence-electron chi connectivity index (χ2n) is 4.58. The van der Waals surface area contributed by atoms with E-state index in [0.717, 1.165) is 17.1 Å². The number of benzene rings is 1. The lowest BCUT2D eigenvalue weighted by Gasteiger charge is -2.11. The highest BCUT2D eigenvalue weighted by Crippen LogP contribution is 2.32. The van der Waals surface area contributed by atoms with E-state index < -0.39 is 18.5 Å². The summed E-state index contributed by atoms with van der Waals surface area (Å²) >= 11 is 13.0. The molecule has 23 heavy (non-hydrogen) atoms.